The van der Waals surface area contributed by atoms with Crippen molar-refractivity contribution in [3.8, 4) is 0 Å². The van der Waals surface area contributed by atoms with Gasteiger partial charge in [-0.1, -0.05) is 30.5 Å². The number of anilines is 1. The number of amides is 1. The van der Waals surface area contributed by atoms with Gasteiger partial charge in [-0.2, -0.15) is 0 Å². The van der Waals surface area contributed by atoms with Crippen LogP contribution in [0.1, 0.15) is 30.6 Å². The number of non-ortho nitro benzene ring substituents is 1. The summed E-state index contributed by atoms with van der Waals surface area (Å²) in [4.78, 5) is 24.2. The van der Waals surface area contributed by atoms with Crippen LogP contribution in [-0.4, -0.2) is 10.8 Å². The van der Waals surface area contributed by atoms with Crippen molar-refractivity contribution in [1.29, 1.82) is 0 Å². The van der Waals surface area contributed by atoms with E-state index in [4.69, 9.17) is 11.6 Å². The number of nitrogens with zero attached hydrogens (tertiary/aromatic N) is 1. The molecule has 120 valence electrons. The molecule has 5 nitrogen and oxygen atoms in total. The molecular weight excluding hydrogens is 336 g/mol. The van der Waals surface area contributed by atoms with Crippen molar-refractivity contribution >= 4 is 40.2 Å². The lowest BCUT2D eigenvalue weighted by Crippen LogP contribution is -2.37. The Labute approximate surface area is 142 Å². The zero-order chi connectivity index (χ0) is 16.4. The second-order valence-electron chi connectivity index (χ2n) is 5.64. The van der Waals surface area contributed by atoms with Gasteiger partial charge < -0.3 is 5.32 Å². The minimum absolute atomic E-state index is 0.0896. The molecule has 1 aromatic heterocycles. The van der Waals surface area contributed by atoms with Crippen LogP contribution in [-0.2, 0) is 10.2 Å². The maximum atomic E-state index is 12.9. The first-order valence-corrected chi connectivity index (χ1v) is 8.58. The first kappa shape index (κ1) is 16.0. The summed E-state index contributed by atoms with van der Waals surface area (Å²) < 4.78 is 0. The molecule has 0 saturated heterocycles. The maximum Gasteiger partial charge on any atom is 0.271 e. The van der Waals surface area contributed by atoms with E-state index >= 15 is 0 Å². The van der Waals surface area contributed by atoms with Gasteiger partial charge in [0.15, 0.2) is 0 Å². The topological polar surface area (TPSA) is 72.2 Å². The molecule has 7 heteroatoms. The Morgan fingerprint density at radius 2 is 2.04 bits per heavy atom. The van der Waals surface area contributed by atoms with Crippen molar-refractivity contribution < 1.29 is 9.72 Å². The van der Waals surface area contributed by atoms with E-state index in [2.05, 4.69) is 5.32 Å². The van der Waals surface area contributed by atoms with Crippen molar-refractivity contribution in [2.24, 2.45) is 0 Å². The predicted octanol–water partition coefficient (Wildman–Crippen LogP) is 4.76. The van der Waals surface area contributed by atoms with Crippen molar-refractivity contribution in [2.75, 3.05) is 5.32 Å². The van der Waals surface area contributed by atoms with Crippen LogP contribution in [0.25, 0.3) is 0 Å². The Kier molecular flexibility index (Phi) is 4.37. The van der Waals surface area contributed by atoms with E-state index < -0.39 is 10.3 Å². The molecule has 0 radical (unpaired) electrons. The van der Waals surface area contributed by atoms with E-state index in [1.54, 1.807) is 11.3 Å². The summed E-state index contributed by atoms with van der Waals surface area (Å²) in [6, 6.07) is 8.02. The molecule has 2 aromatic rings. The van der Waals surface area contributed by atoms with Gasteiger partial charge in [-0.3, -0.25) is 14.9 Å². The molecule has 1 fully saturated rings. The van der Waals surface area contributed by atoms with Crippen LogP contribution < -0.4 is 5.32 Å². The standard InChI is InChI=1S/C16H15ClN2O3S/c17-12-10-11(19(21)22)5-6-13(12)18-15(20)16(7-1-2-8-16)14-4-3-9-23-14/h3-6,9-10H,1-2,7-8H2,(H,18,20). The number of halogens is 1. The molecule has 1 N–H and O–H groups in total. The highest BCUT2D eigenvalue weighted by atomic mass is 35.5. The quantitative estimate of drug-likeness (QED) is 0.638. The minimum atomic E-state index is -0.515. The maximum absolute atomic E-state index is 12.9. The fourth-order valence-electron chi connectivity index (χ4n) is 3.08. The van der Waals surface area contributed by atoms with E-state index in [-0.39, 0.29) is 16.6 Å². The Hall–Kier alpha value is -1.92. The molecule has 0 atom stereocenters. The first-order chi connectivity index (χ1) is 11.0. The number of nitrogens with one attached hydrogen (secondary N) is 1. The fourth-order valence-corrected chi connectivity index (χ4v) is 4.28. The van der Waals surface area contributed by atoms with Gasteiger partial charge in [-0.05, 0) is 30.4 Å². The SMILES string of the molecule is O=C(Nc1ccc([N+](=O)[O-])cc1Cl)C1(c2cccs2)CCCC1. The average Bonchev–Trinajstić information content (AvgIpc) is 3.20. The second kappa shape index (κ2) is 6.29. The van der Waals surface area contributed by atoms with Gasteiger partial charge >= 0.3 is 0 Å². The van der Waals surface area contributed by atoms with E-state index in [0.29, 0.717) is 5.69 Å². The molecule has 1 heterocycles. The molecule has 1 aromatic carbocycles. The lowest BCUT2D eigenvalue weighted by atomic mass is 9.83. The molecule has 23 heavy (non-hydrogen) atoms. The van der Waals surface area contributed by atoms with Crippen molar-refractivity contribution in [1.82, 2.24) is 0 Å². The summed E-state index contributed by atoms with van der Waals surface area (Å²) in [5.74, 6) is -0.0896. The van der Waals surface area contributed by atoms with Gasteiger partial charge in [0.2, 0.25) is 5.91 Å². The van der Waals surface area contributed by atoms with Crippen LogP contribution in [0.2, 0.25) is 5.02 Å². The summed E-state index contributed by atoms with van der Waals surface area (Å²) >= 11 is 7.66. The summed E-state index contributed by atoms with van der Waals surface area (Å²) in [5.41, 5.74) is -0.203. The smallest absolute Gasteiger partial charge is 0.271 e. The van der Waals surface area contributed by atoms with Crippen LogP contribution in [0, 0.1) is 10.1 Å². The van der Waals surface area contributed by atoms with Gasteiger partial charge in [0.05, 0.1) is 21.0 Å². The largest absolute Gasteiger partial charge is 0.324 e. The second-order valence-corrected chi connectivity index (χ2v) is 7.00. The number of benzene rings is 1. The number of carbonyl (C=O) groups excluding carboxylic acids is 1. The Morgan fingerprint density at radius 3 is 2.61 bits per heavy atom. The average molecular weight is 351 g/mol. The van der Waals surface area contributed by atoms with Crippen molar-refractivity contribution in [3.05, 3.63) is 55.7 Å². The van der Waals surface area contributed by atoms with Crippen LogP contribution >= 0.6 is 22.9 Å². The summed E-state index contributed by atoms with van der Waals surface area (Å²) in [6.07, 6.45) is 3.65. The van der Waals surface area contributed by atoms with Gasteiger partial charge in [0, 0.05) is 17.0 Å². The molecule has 1 amide bonds. The van der Waals surface area contributed by atoms with Crippen LogP contribution in [0.3, 0.4) is 0 Å². The minimum Gasteiger partial charge on any atom is -0.324 e. The molecule has 3 rings (SSSR count). The molecule has 1 aliphatic rings. The summed E-state index contributed by atoms with van der Waals surface area (Å²) in [6.45, 7) is 0. The number of rotatable bonds is 4. The number of nitro groups is 1. The third-order valence-corrected chi connectivity index (χ3v) is 5.68. The monoisotopic (exact) mass is 350 g/mol. The molecule has 0 unspecified atom stereocenters. The third kappa shape index (κ3) is 2.96. The van der Waals surface area contributed by atoms with Gasteiger partial charge in [-0.15, -0.1) is 11.3 Å². The predicted molar refractivity (Wildman–Crippen MR) is 91.2 cm³/mol. The van der Waals surface area contributed by atoms with Gasteiger partial charge in [-0.25, -0.2) is 0 Å². The van der Waals surface area contributed by atoms with E-state index in [9.17, 15) is 14.9 Å². The van der Waals surface area contributed by atoms with Crippen molar-refractivity contribution in [2.45, 2.75) is 31.1 Å². The Bertz CT molecular complexity index is 740. The number of thiophene rings is 1. The molecule has 0 spiro atoms. The Balaban J connectivity index is 1.87. The third-order valence-electron chi connectivity index (χ3n) is 4.30. The summed E-state index contributed by atoms with van der Waals surface area (Å²) in [5, 5.41) is 15.8. The van der Waals surface area contributed by atoms with Crippen LogP contribution in [0.5, 0.6) is 0 Å². The number of hydrogen-bond acceptors (Lipinski definition) is 4. The number of carbonyl (C=O) groups is 1. The highest BCUT2D eigenvalue weighted by Gasteiger charge is 2.43. The lowest BCUT2D eigenvalue weighted by Gasteiger charge is -2.26. The normalized spacial score (nSPS) is 16.2. The van der Waals surface area contributed by atoms with Crippen LogP contribution in [0.4, 0.5) is 11.4 Å². The highest BCUT2D eigenvalue weighted by Crippen LogP contribution is 2.44. The highest BCUT2D eigenvalue weighted by molar-refractivity contribution is 7.10. The van der Waals surface area contributed by atoms with Gasteiger partial charge in [0.25, 0.3) is 5.69 Å². The molecule has 1 saturated carbocycles. The summed E-state index contributed by atoms with van der Waals surface area (Å²) in [7, 11) is 0. The van der Waals surface area contributed by atoms with Crippen LogP contribution in [0.15, 0.2) is 35.7 Å². The number of hydrogen-bond donors (Lipinski definition) is 1. The zero-order valence-corrected chi connectivity index (χ0v) is 13.8. The van der Waals surface area contributed by atoms with E-state index in [1.807, 2.05) is 17.5 Å². The Morgan fingerprint density at radius 1 is 1.30 bits per heavy atom. The lowest BCUT2D eigenvalue weighted by molar-refractivity contribution is -0.384. The first-order valence-electron chi connectivity index (χ1n) is 7.32. The van der Waals surface area contributed by atoms with E-state index in [0.717, 1.165) is 30.6 Å². The fraction of sp³-hybridized carbons (Fsp3) is 0.312. The molecule has 0 bridgehead atoms. The zero-order valence-electron chi connectivity index (χ0n) is 12.3. The molecule has 0 aliphatic heterocycles. The van der Waals surface area contributed by atoms with E-state index in [1.165, 1.54) is 18.2 Å². The molecular formula is C16H15ClN2O3S. The van der Waals surface area contributed by atoms with Gasteiger partial charge in [0.1, 0.15) is 0 Å². The molecule has 1 aliphatic carbocycles. The van der Waals surface area contributed by atoms with Crippen molar-refractivity contribution in [3.63, 3.8) is 0 Å². The number of nitro benzene ring substituents is 1.